The predicted octanol–water partition coefficient (Wildman–Crippen LogP) is 2.32. The van der Waals surface area contributed by atoms with E-state index in [2.05, 4.69) is 0 Å². The summed E-state index contributed by atoms with van der Waals surface area (Å²) >= 11 is 0. The zero-order valence-corrected chi connectivity index (χ0v) is 11.3. The van der Waals surface area contributed by atoms with E-state index in [0.29, 0.717) is 17.9 Å². The molecule has 0 amide bonds. The van der Waals surface area contributed by atoms with Gasteiger partial charge in [0.05, 0.1) is 25.2 Å². The predicted molar refractivity (Wildman–Crippen MR) is 68.4 cm³/mol. The van der Waals surface area contributed by atoms with Gasteiger partial charge >= 0.3 is 5.97 Å². The summed E-state index contributed by atoms with van der Waals surface area (Å²) in [5.74, 6) is 0.299. The number of benzene rings is 1. The average Bonchev–Trinajstić information content (AvgIpc) is 2.38. The normalized spacial score (nSPS) is 12.9. The van der Waals surface area contributed by atoms with E-state index in [1.807, 2.05) is 0 Å². The molecule has 1 aromatic carbocycles. The second kappa shape index (κ2) is 5.87. The van der Waals surface area contributed by atoms with Crippen LogP contribution in [0.1, 0.15) is 32.4 Å². The van der Waals surface area contributed by atoms with E-state index in [1.54, 1.807) is 52.1 Å². The van der Waals surface area contributed by atoms with Crippen molar-refractivity contribution in [1.82, 2.24) is 0 Å². The van der Waals surface area contributed by atoms with Crippen LogP contribution >= 0.6 is 0 Å². The van der Waals surface area contributed by atoms with Crippen molar-refractivity contribution in [2.75, 3.05) is 13.7 Å². The Bertz CT molecular complexity index is 395. The lowest BCUT2D eigenvalue weighted by Crippen LogP contribution is -2.33. The van der Waals surface area contributed by atoms with Gasteiger partial charge in [0.25, 0.3) is 0 Å². The Morgan fingerprint density at radius 3 is 2.33 bits per heavy atom. The summed E-state index contributed by atoms with van der Waals surface area (Å²) in [7, 11) is 1.58. The van der Waals surface area contributed by atoms with Gasteiger partial charge in [-0.1, -0.05) is 12.1 Å². The number of hydrogen-bond donors (Lipinski definition) is 1. The van der Waals surface area contributed by atoms with Crippen molar-refractivity contribution in [3.05, 3.63) is 29.8 Å². The number of rotatable bonds is 5. The van der Waals surface area contributed by atoms with Gasteiger partial charge in [-0.05, 0) is 38.5 Å². The molecule has 0 radical (unpaired) electrons. The summed E-state index contributed by atoms with van der Waals surface area (Å²) in [5, 5.41) is 10.3. The molecule has 1 N–H and O–H groups in total. The number of hydrogen-bond acceptors (Lipinski definition) is 4. The highest BCUT2D eigenvalue weighted by molar-refractivity contribution is 5.77. The SMILES string of the molecule is CCOC(=O)C(C)(C)C(O)c1ccc(OC)cc1. The topological polar surface area (TPSA) is 55.8 Å². The molecule has 0 spiro atoms. The molecule has 18 heavy (non-hydrogen) atoms. The molecule has 0 aliphatic heterocycles. The Balaban J connectivity index is 2.90. The van der Waals surface area contributed by atoms with Gasteiger partial charge in [-0.2, -0.15) is 0 Å². The summed E-state index contributed by atoms with van der Waals surface area (Å²) < 4.78 is 10.0. The maximum absolute atomic E-state index is 11.8. The number of carbonyl (C=O) groups is 1. The fourth-order valence-electron chi connectivity index (χ4n) is 1.63. The first-order valence-electron chi connectivity index (χ1n) is 5.92. The fraction of sp³-hybridized carbons (Fsp3) is 0.500. The van der Waals surface area contributed by atoms with E-state index < -0.39 is 17.5 Å². The first kappa shape index (κ1) is 14.5. The average molecular weight is 252 g/mol. The van der Waals surface area contributed by atoms with Gasteiger partial charge in [0, 0.05) is 0 Å². The van der Waals surface area contributed by atoms with Gasteiger partial charge in [-0.15, -0.1) is 0 Å². The van der Waals surface area contributed by atoms with E-state index in [4.69, 9.17) is 9.47 Å². The van der Waals surface area contributed by atoms with Gasteiger partial charge in [0.2, 0.25) is 0 Å². The second-order valence-electron chi connectivity index (χ2n) is 4.62. The summed E-state index contributed by atoms with van der Waals surface area (Å²) in [6, 6.07) is 6.98. The Labute approximate surface area is 108 Å². The molecular weight excluding hydrogens is 232 g/mol. The number of esters is 1. The van der Waals surface area contributed by atoms with Crippen molar-refractivity contribution in [3.63, 3.8) is 0 Å². The molecule has 0 saturated heterocycles. The number of aliphatic hydroxyl groups is 1. The molecule has 0 fully saturated rings. The monoisotopic (exact) mass is 252 g/mol. The van der Waals surface area contributed by atoms with E-state index in [-0.39, 0.29) is 0 Å². The standard InChI is InChI=1S/C14H20O4/c1-5-18-13(16)14(2,3)12(15)10-6-8-11(17-4)9-7-10/h6-9,12,15H,5H2,1-4H3. The van der Waals surface area contributed by atoms with E-state index in [9.17, 15) is 9.90 Å². The Morgan fingerprint density at radius 2 is 1.89 bits per heavy atom. The summed E-state index contributed by atoms with van der Waals surface area (Å²) in [5.41, 5.74) is -0.321. The fourth-order valence-corrected chi connectivity index (χ4v) is 1.63. The number of methoxy groups -OCH3 is 1. The Kier molecular flexibility index (Phi) is 4.73. The van der Waals surface area contributed by atoms with Gasteiger partial charge in [-0.25, -0.2) is 0 Å². The molecule has 4 nitrogen and oxygen atoms in total. The molecule has 4 heteroatoms. The Hall–Kier alpha value is -1.55. The molecule has 100 valence electrons. The summed E-state index contributed by atoms with van der Waals surface area (Å²) in [6.45, 7) is 5.38. The van der Waals surface area contributed by atoms with Crippen LogP contribution in [0.4, 0.5) is 0 Å². The van der Waals surface area contributed by atoms with Crippen LogP contribution in [-0.4, -0.2) is 24.8 Å². The molecule has 0 aliphatic carbocycles. The van der Waals surface area contributed by atoms with Gasteiger partial charge < -0.3 is 14.6 Å². The molecular formula is C14H20O4. The van der Waals surface area contributed by atoms with Gasteiger partial charge in [-0.3, -0.25) is 4.79 Å². The third-order valence-electron chi connectivity index (χ3n) is 2.92. The van der Waals surface area contributed by atoms with E-state index in [1.165, 1.54) is 0 Å². The maximum atomic E-state index is 11.8. The molecule has 1 aromatic rings. The van der Waals surface area contributed by atoms with Crippen molar-refractivity contribution >= 4 is 5.97 Å². The van der Waals surface area contributed by atoms with Crippen LogP contribution in [0, 0.1) is 5.41 Å². The van der Waals surface area contributed by atoms with Crippen LogP contribution in [0.2, 0.25) is 0 Å². The molecule has 1 rings (SSSR count). The number of aliphatic hydroxyl groups excluding tert-OH is 1. The van der Waals surface area contributed by atoms with Crippen LogP contribution in [0.15, 0.2) is 24.3 Å². The molecule has 1 unspecified atom stereocenters. The molecule has 1 atom stereocenters. The molecule has 0 heterocycles. The Morgan fingerprint density at radius 1 is 1.33 bits per heavy atom. The highest BCUT2D eigenvalue weighted by Crippen LogP contribution is 2.35. The number of carbonyl (C=O) groups excluding carboxylic acids is 1. The summed E-state index contributed by atoms with van der Waals surface area (Å²) in [6.07, 6.45) is -0.914. The minimum absolute atomic E-state index is 0.303. The van der Waals surface area contributed by atoms with Crippen molar-refractivity contribution < 1.29 is 19.4 Å². The zero-order chi connectivity index (χ0) is 13.8. The third kappa shape index (κ3) is 3.01. The highest BCUT2D eigenvalue weighted by atomic mass is 16.5. The van der Waals surface area contributed by atoms with E-state index >= 15 is 0 Å². The highest BCUT2D eigenvalue weighted by Gasteiger charge is 2.38. The second-order valence-corrected chi connectivity index (χ2v) is 4.62. The van der Waals surface area contributed by atoms with Crippen molar-refractivity contribution in [2.45, 2.75) is 26.9 Å². The molecule has 0 aromatic heterocycles. The summed E-state index contributed by atoms with van der Waals surface area (Å²) in [4.78, 5) is 11.8. The number of ether oxygens (including phenoxy) is 2. The smallest absolute Gasteiger partial charge is 0.314 e. The third-order valence-corrected chi connectivity index (χ3v) is 2.92. The lowest BCUT2D eigenvalue weighted by atomic mass is 9.82. The first-order chi connectivity index (χ1) is 8.43. The molecule has 0 bridgehead atoms. The van der Waals surface area contributed by atoms with Crippen LogP contribution in [0.3, 0.4) is 0 Å². The minimum Gasteiger partial charge on any atom is -0.497 e. The lowest BCUT2D eigenvalue weighted by Gasteiger charge is -2.28. The van der Waals surface area contributed by atoms with Crippen LogP contribution < -0.4 is 4.74 Å². The molecule has 0 saturated carbocycles. The van der Waals surface area contributed by atoms with Crippen molar-refractivity contribution in [1.29, 1.82) is 0 Å². The van der Waals surface area contributed by atoms with Crippen molar-refractivity contribution in [2.24, 2.45) is 5.41 Å². The first-order valence-corrected chi connectivity index (χ1v) is 5.92. The van der Waals surface area contributed by atoms with Crippen molar-refractivity contribution in [3.8, 4) is 5.75 Å². The zero-order valence-electron chi connectivity index (χ0n) is 11.3. The largest absolute Gasteiger partial charge is 0.497 e. The quantitative estimate of drug-likeness (QED) is 0.817. The van der Waals surface area contributed by atoms with E-state index in [0.717, 1.165) is 0 Å². The van der Waals surface area contributed by atoms with Crippen LogP contribution in [0.5, 0.6) is 5.75 Å². The van der Waals surface area contributed by atoms with Crippen LogP contribution in [0.25, 0.3) is 0 Å². The minimum atomic E-state index is -0.982. The maximum Gasteiger partial charge on any atom is 0.314 e. The van der Waals surface area contributed by atoms with Crippen LogP contribution in [-0.2, 0) is 9.53 Å². The van der Waals surface area contributed by atoms with Gasteiger partial charge in [0.15, 0.2) is 0 Å². The molecule has 0 aliphatic rings. The van der Waals surface area contributed by atoms with Gasteiger partial charge in [0.1, 0.15) is 5.75 Å². The lowest BCUT2D eigenvalue weighted by molar-refractivity contribution is -0.160.